The average Bonchev–Trinajstić information content (AvgIpc) is 2.92. The van der Waals surface area contributed by atoms with Crippen LogP contribution in [-0.4, -0.2) is 55.7 Å². The molecule has 0 aromatic heterocycles. The molecule has 3 atom stereocenters. The summed E-state index contributed by atoms with van der Waals surface area (Å²) in [4.78, 5) is 32.8. The Kier molecular flexibility index (Phi) is 15.2. The molecule has 1 fully saturated rings. The van der Waals surface area contributed by atoms with Gasteiger partial charge < -0.3 is 4.74 Å². The van der Waals surface area contributed by atoms with Gasteiger partial charge in [-0.25, -0.2) is 18.7 Å². The first-order valence-corrected chi connectivity index (χ1v) is 16.3. The van der Waals surface area contributed by atoms with Crippen LogP contribution in [0.2, 0.25) is 0 Å². The third-order valence-corrected chi connectivity index (χ3v) is 8.43. The number of hydrogen-bond acceptors (Lipinski definition) is 6. The molecule has 9 nitrogen and oxygen atoms in total. The van der Waals surface area contributed by atoms with Gasteiger partial charge in [0.15, 0.2) is 6.29 Å². The molecule has 40 heavy (non-hydrogen) atoms. The topological polar surface area (TPSA) is 114 Å². The van der Waals surface area contributed by atoms with E-state index in [1.165, 1.54) is 0 Å². The number of nitrogens with zero attached hydrogens (tertiary/aromatic N) is 1. The van der Waals surface area contributed by atoms with E-state index in [0.29, 0.717) is 19.4 Å². The third kappa shape index (κ3) is 12.3. The van der Waals surface area contributed by atoms with E-state index in [1.807, 2.05) is 70.2 Å². The fraction of sp³-hybridized carbons (Fsp3) is 0.655. The molecular weight excluding hydrogens is 554 g/mol. The third-order valence-electron chi connectivity index (χ3n) is 6.45. The molecular formula is C29H46ClN3O6S. The second-order valence-electron chi connectivity index (χ2n) is 11.0. The summed E-state index contributed by atoms with van der Waals surface area (Å²) < 4.78 is 32.7. The first kappa shape index (κ1) is 34.2. The number of nitrogens with one attached hydrogen (secondary N) is 2. The lowest BCUT2D eigenvalue weighted by atomic mass is 9.82. The van der Waals surface area contributed by atoms with Crippen LogP contribution in [0.5, 0.6) is 0 Å². The maximum Gasteiger partial charge on any atom is 0.247 e. The molecule has 1 aliphatic heterocycles. The van der Waals surface area contributed by atoms with Gasteiger partial charge in [-0.15, -0.1) is 16.0 Å². The summed E-state index contributed by atoms with van der Waals surface area (Å²) in [5, 5.41) is 0. The number of ether oxygens (including phenoxy) is 1. The normalized spacial score (nSPS) is 17.9. The van der Waals surface area contributed by atoms with E-state index >= 15 is 0 Å². The van der Waals surface area contributed by atoms with E-state index in [0.717, 1.165) is 22.8 Å². The first-order chi connectivity index (χ1) is 19.0. The van der Waals surface area contributed by atoms with Crippen LogP contribution in [0, 0.1) is 23.7 Å². The monoisotopic (exact) mass is 599 g/mol. The number of benzene rings is 1. The molecule has 0 aliphatic carbocycles. The molecule has 1 heterocycles. The molecule has 0 saturated carbocycles. The fourth-order valence-electron chi connectivity index (χ4n) is 4.45. The molecule has 226 valence electrons. The summed E-state index contributed by atoms with van der Waals surface area (Å²) >= 11 is 5.74. The number of rotatable bonds is 17. The highest BCUT2D eigenvalue weighted by Gasteiger charge is 2.36. The summed E-state index contributed by atoms with van der Waals surface area (Å²) in [6, 6.07) is 9.66. The molecule has 1 aliphatic rings. The van der Waals surface area contributed by atoms with Crippen molar-refractivity contribution in [3.63, 3.8) is 0 Å². The van der Waals surface area contributed by atoms with Crippen molar-refractivity contribution in [2.75, 3.05) is 24.8 Å². The number of carbonyl (C=O) groups excluding carboxylic acids is 2. The van der Waals surface area contributed by atoms with Crippen molar-refractivity contribution >= 4 is 39.5 Å². The molecule has 2 N–H and O–H groups in total. The van der Waals surface area contributed by atoms with Gasteiger partial charge in [0.05, 0.1) is 17.6 Å². The highest BCUT2D eigenvalue weighted by atomic mass is 35.5. The number of carbonyl (C=O) groups is 2. The van der Waals surface area contributed by atoms with Crippen molar-refractivity contribution in [3.05, 3.63) is 42.0 Å². The van der Waals surface area contributed by atoms with Crippen LogP contribution in [0.15, 0.2) is 36.4 Å². The summed E-state index contributed by atoms with van der Waals surface area (Å²) in [5.41, 5.74) is 6.14. The van der Waals surface area contributed by atoms with E-state index in [4.69, 9.17) is 21.2 Å². The number of hydrazine groups is 1. The van der Waals surface area contributed by atoms with Crippen molar-refractivity contribution in [2.45, 2.75) is 72.5 Å². The highest BCUT2D eigenvalue weighted by Crippen LogP contribution is 2.26. The Balaban J connectivity index is 2.31. The van der Waals surface area contributed by atoms with Crippen LogP contribution in [0.25, 0.3) is 6.08 Å². The quantitative estimate of drug-likeness (QED) is 0.195. The van der Waals surface area contributed by atoms with E-state index < -0.39 is 40.0 Å². The Morgan fingerprint density at radius 2 is 1.82 bits per heavy atom. The first-order valence-electron chi connectivity index (χ1n) is 14.2. The van der Waals surface area contributed by atoms with Crippen LogP contribution in [0.4, 0.5) is 0 Å². The van der Waals surface area contributed by atoms with E-state index in [9.17, 15) is 18.0 Å². The number of amides is 2. The molecule has 0 spiro atoms. The minimum atomic E-state index is -3.80. The zero-order valence-corrected chi connectivity index (χ0v) is 25.8. The minimum absolute atomic E-state index is 0.0357. The van der Waals surface area contributed by atoms with Gasteiger partial charge in [0, 0.05) is 25.5 Å². The summed E-state index contributed by atoms with van der Waals surface area (Å²) in [5.74, 6) is -2.55. The lowest BCUT2D eigenvalue weighted by Gasteiger charge is -2.31. The van der Waals surface area contributed by atoms with Crippen LogP contribution >= 0.6 is 11.6 Å². The Morgan fingerprint density at radius 3 is 2.42 bits per heavy atom. The predicted molar refractivity (Wildman–Crippen MR) is 158 cm³/mol. The Bertz CT molecular complexity index is 1030. The lowest BCUT2D eigenvalue weighted by Crippen LogP contribution is -2.53. The van der Waals surface area contributed by atoms with Gasteiger partial charge in [-0.2, -0.15) is 0 Å². The number of hydroxylamine groups is 1. The largest absolute Gasteiger partial charge is 0.350 e. The Labute approximate surface area is 245 Å². The number of hydrogen-bond donors (Lipinski definition) is 2. The summed E-state index contributed by atoms with van der Waals surface area (Å²) in [7, 11) is -3.80. The van der Waals surface area contributed by atoms with Crippen molar-refractivity contribution in [3.8, 4) is 0 Å². The van der Waals surface area contributed by atoms with Crippen LogP contribution < -0.4 is 10.9 Å². The van der Waals surface area contributed by atoms with Crippen molar-refractivity contribution in [1.29, 1.82) is 0 Å². The van der Waals surface area contributed by atoms with Crippen LogP contribution in [0.3, 0.4) is 0 Å². The molecule has 1 aromatic carbocycles. The van der Waals surface area contributed by atoms with Crippen LogP contribution in [-0.2, 0) is 29.2 Å². The molecule has 2 rings (SSSR count). The second-order valence-corrected chi connectivity index (χ2v) is 13.4. The highest BCUT2D eigenvalue weighted by molar-refractivity contribution is 7.89. The zero-order valence-electron chi connectivity index (χ0n) is 24.2. The van der Waals surface area contributed by atoms with Crippen LogP contribution in [0.1, 0.15) is 71.8 Å². The lowest BCUT2D eigenvalue weighted by molar-refractivity contribution is -0.203. The average molecular weight is 600 g/mol. The predicted octanol–water partition coefficient (Wildman–Crippen LogP) is 4.89. The fourth-order valence-corrected chi connectivity index (χ4v) is 6.22. The van der Waals surface area contributed by atoms with Gasteiger partial charge >= 0.3 is 0 Å². The molecule has 2 amide bonds. The van der Waals surface area contributed by atoms with Gasteiger partial charge in [-0.3, -0.25) is 15.0 Å². The summed E-state index contributed by atoms with van der Waals surface area (Å²) in [6.45, 7) is 8.34. The minimum Gasteiger partial charge on any atom is -0.350 e. The Hall–Kier alpha value is -1.98. The molecule has 1 unspecified atom stereocenters. The van der Waals surface area contributed by atoms with Crippen molar-refractivity contribution < 1.29 is 27.6 Å². The molecule has 0 bridgehead atoms. The van der Waals surface area contributed by atoms with Gasteiger partial charge in [-0.1, -0.05) is 70.2 Å². The van der Waals surface area contributed by atoms with Crippen molar-refractivity contribution in [2.24, 2.45) is 23.7 Å². The standard InChI is InChI=1S/C29H46ClN3O6S/c1-22(2)20-26(28(34)31-33(21-23(3)4)40(36,37)19-11-17-30)25(15-10-14-24-12-6-5-7-13-24)29(35)32-39-27-16-8-9-18-38-27/h5-7,10,12-14,22-23,25-27H,8-9,11,15-21H2,1-4H3,(H,31,34)(H,32,35)/b14-10+/t25-,26+,27?/m0/s1. The van der Waals surface area contributed by atoms with Crippen molar-refractivity contribution in [1.82, 2.24) is 15.3 Å². The molecule has 11 heteroatoms. The smallest absolute Gasteiger partial charge is 0.247 e. The molecule has 1 saturated heterocycles. The summed E-state index contributed by atoms with van der Waals surface area (Å²) in [6.07, 6.45) is 6.66. The number of sulfonamides is 1. The molecule has 0 radical (unpaired) electrons. The maximum atomic E-state index is 13.8. The van der Waals surface area contributed by atoms with Gasteiger partial charge in [0.25, 0.3) is 0 Å². The number of alkyl halides is 1. The second kappa shape index (κ2) is 17.7. The van der Waals surface area contributed by atoms with E-state index in [-0.39, 0.29) is 42.9 Å². The number of allylic oxidation sites excluding steroid dienone is 1. The maximum absolute atomic E-state index is 13.8. The van der Waals surface area contributed by atoms with Gasteiger partial charge in [0.1, 0.15) is 0 Å². The van der Waals surface area contributed by atoms with Gasteiger partial charge in [0.2, 0.25) is 21.8 Å². The molecule has 1 aromatic rings. The van der Waals surface area contributed by atoms with Gasteiger partial charge in [-0.05, 0) is 49.5 Å². The number of halogens is 1. The van der Waals surface area contributed by atoms with E-state index in [1.54, 1.807) is 0 Å². The zero-order chi connectivity index (χ0) is 29.5. The van der Waals surface area contributed by atoms with E-state index in [2.05, 4.69) is 10.9 Å². The SMILES string of the molecule is CC(C)C[C@@H](C(=O)NN(CC(C)C)S(=O)(=O)CCCCl)[C@H](C/C=C/c1ccccc1)C(=O)NOC1CCCCO1. The Morgan fingerprint density at radius 1 is 1.10 bits per heavy atom.